The second-order valence-corrected chi connectivity index (χ2v) is 6.94. The summed E-state index contributed by atoms with van der Waals surface area (Å²) in [5.74, 6) is 0.596. The van der Waals surface area contributed by atoms with Crippen molar-refractivity contribution in [1.82, 2.24) is 4.90 Å². The third-order valence-corrected chi connectivity index (χ3v) is 5.00. The largest absolute Gasteiger partial charge is 0.484 e. The van der Waals surface area contributed by atoms with E-state index in [9.17, 15) is 9.59 Å². The molecule has 2 aromatic rings. The predicted octanol–water partition coefficient (Wildman–Crippen LogP) is 4.09. The minimum absolute atomic E-state index is 0.0224. The Bertz CT molecular complexity index is 745. The lowest BCUT2D eigenvalue weighted by Gasteiger charge is -2.38. The van der Waals surface area contributed by atoms with E-state index < -0.39 is 0 Å². The lowest BCUT2D eigenvalue weighted by atomic mass is 9.97. The van der Waals surface area contributed by atoms with Gasteiger partial charge in [0, 0.05) is 23.2 Å². The van der Waals surface area contributed by atoms with Crippen molar-refractivity contribution in [1.29, 1.82) is 0 Å². The van der Waals surface area contributed by atoms with E-state index in [1.165, 1.54) is 6.42 Å². The first kappa shape index (κ1) is 18.2. The molecule has 0 N–H and O–H groups in total. The van der Waals surface area contributed by atoms with Crippen LogP contribution in [0.3, 0.4) is 0 Å². The van der Waals surface area contributed by atoms with Gasteiger partial charge in [-0.1, -0.05) is 30.3 Å². The number of likely N-dealkylation sites (tertiary alicyclic amines) is 1. The fraction of sp³-hybridized carbons (Fsp3) is 0.364. The van der Waals surface area contributed by atoms with Crippen LogP contribution in [-0.2, 0) is 4.79 Å². The molecule has 3 rings (SSSR count). The Morgan fingerprint density at radius 1 is 0.923 bits per heavy atom. The van der Waals surface area contributed by atoms with Crippen molar-refractivity contribution in [3.05, 3.63) is 65.7 Å². The fourth-order valence-corrected chi connectivity index (χ4v) is 3.59. The summed E-state index contributed by atoms with van der Waals surface area (Å²) >= 11 is 0. The number of rotatable bonds is 5. The Labute approximate surface area is 154 Å². The number of ketones is 1. The maximum Gasteiger partial charge on any atom is 0.260 e. The first-order chi connectivity index (χ1) is 12.6. The maximum atomic E-state index is 12.5. The molecule has 0 saturated carbocycles. The third-order valence-electron chi connectivity index (χ3n) is 5.00. The van der Waals surface area contributed by atoms with Crippen LogP contribution in [-0.4, -0.2) is 35.3 Å². The number of amides is 1. The molecule has 1 amide bonds. The minimum atomic E-state index is -0.0239. The van der Waals surface area contributed by atoms with Crippen molar-refractivity contribution in [3.63, 3.8) is 0 Å². The molecular formula is C22H25NO3. The second kappa shape index (κ2) is 8.17. The van der Waals surface area contributed by atoms with Gasteiger partial charge in [0.05, 0.1) is 0 Å². The summed E-state index contributed by atoms with van der Waals surface area (Å²) in [6, 6.07) is 16.7. The molecule has 4 heteroatoms. The Kier molecular flexibility index (Phi) is 5.71. The molecule has 1 fully saturated rings. The van der Waals surface area contributed by atoms with Crippen molar-refractivity contribution >= 4 is 11.7 Å². The fourth-order valence-electron chi connectivity index (χ4n) is 3.59. The smallest absolute Gasteiger partial charge is 0.260 e. The molecule has 0 aromatic heterocycles. The molecular weight excluding hydrogens is 326 g/mol. The zero-order valence-corrected chi connectivity index (χ0v) is 15.4. The Hall–Kier alpha value is -2.62. The van der Waals surface area contributed by atoms with Gasteiger partial charge in [-0.25, -0.2) is 0 Å². The zero-order chi connectivity index (χ0) is 18.5. The van der Waals surface area contributed by atoms with E-state index in [0.29, 0.717) is 16.9 Å². The van der Waals surface area contributed by atoms with Crippen LogP contribution in [0, 0.1) is 0 Å². The molecule has 1 saturated heterocycles. The number of carbonyl (C=O) groups is 2. The van der Waals surface area contributed by atoms with Gasteiger partial charge in [-0.2, -0.15) is 0 Å². The molecule has 0 spiro atoms. The molecule has 1 aliphatic heterocycles. The summed E-state index contributed by atoms with van der Waals surface area (Å²) in [5.41, 5.74) is 1.26. The summed E-state index contributed by atoms with van der Waals surface area (Å²) in [4.78, 5) is 26.8. The molecule has 136 valence electrons. The average molecular weight is 351 g/mol. The first-order valence-corrected chi connectivity index (χ1v) is 9.20. The van der Waals surface area contributed by atoms with Gasteiger partial charge < -0.3 is 9.64 Å². The molecule has 2 atom stereocenters. The highest BCUT2D eigenvalue weighted by molar-refractivity contribution is 6.08. The quantitative estimate of drug-likeness (QED) is 0.763. The molecule has 0 unspecified atom stereocenters. The van der Waals surface area contributed by atoms with Crippen LogP contribution in [0.4, 0.5) is 0 Å². The van der Waals surface area contributed by atoms with Gasteiger partial charge in [0.2, 0.25) is 0 Å². The maximum absolute atomic E-state index is 12.5. The predicted molar refractivity (Wildman–Crippen MR) is 101 cm³/mol. The molecule has 0 bridgehead atoms. The van der Waals surface area contributed by atoms with E-state index in [1.54, 1.807) is 36.4 Å². The zero-order valence-electron chi connectivity index (χ0n) is 15.4. The summed E-state index contributed by atoms with van der Waals surface area (Å²) in [5, 5.41) is 0. The minimum Gasteiger partial charge on any atom is -0.484 e. The topological polar surface area (TPSA) is 46.6 Å². The average Bonchev–Trinajstić information content (AvgIpc) is 2.67. The molecule has 1 aliphatic rings. The van der Waals surface area contributed by atoms with Crippen molar-refractivity contribution < 1.29 is 14.3 Å². The SMILES string of the molecule is C[C@H]1CCC[C@H](C)N1C(=O)COc1ccc(C(=O)c2ccccc2)cc1. The lowest BCUT2D eigenvalue weighted by molar-refractivity contribution is -0.139. The summed E-state index contributed by atoms with van der Waals surface area (Å²) in [6.45, 7) is 4.22. The number of piperidine rings is 1. The van der Waals surface area contributed by atoms with Crippen molar-refractivity contribution in [2.75, 3.05) is 6.61 Å². The standard InChI is InChI=1S/C22H25NO3/c1-16-7-6-8-17(2)23(16)21(24)15-26-20-13-11-19(12-14-20)22(25)18-9-4-3-5-10-18/h3-5,9-14,16-17H,6-8,15H2,1-2H3/t16-,17-/m0/s1. The summed E-state index contributed by atoms with van der Waals surface area (Å²) < 4.78 is 5.66. The third kappa shape index (κ3) is 4.13. The Balaban J connectivity index is 1.59. The molecule has 2 aromatic carbocycles. The van der Waals surface area contributed by atoms with Gasteiger partial charge >= 0.3 is 0 Å². The Morgan fingerprint density at radius 3 is 2.12 bits per heavy atom. The van der Waals surface area contributed by atoms with Crippen LogP contribution in [0.15, 0.2) is 54.6 Å². The summed E-state index contributed by atoms with van der Waals surface area (Å²) in [6.07, 6.45) is 3.27. The number of ether oxygens (including phenoxy) is 1. The van der Waals surface area contributed by atoms with E-state index in [1.807, 2.05) is 23.1 Å². The molecule has 0 radical (unpaired) electrons. The van der Waals surface area contributed by atoms with Crippen LogP contribution in [0.2, 0.25) is 0 Å². The van der Waals surface area contributed by atoms with Gasteiger partial charge in [0.25, 0.3) is 5.91 Å². The van der Waals surface area contributed by atoms with Crippen molar-refractivity contribution in [3.8, 4) is 5.75 Å². The van der Waals surface area contributed by atoms with Gasteiger partial charge in [0.15, 0.2) is 12.4 Å². The highest BCUT2D eigenvalue weighted by atomic mass is 16.5. The van der Waals surface area contributed by atoms with E-state index in [2.05, 4.69) is 13.8 Å². The normalized spacial score (nSPS) is 19.8. The van der Waals surface area contributed by atoms with Crippen LogP contribution >= 0.6 is 0 Å². The van der Waals surface area contributed by atoms with E-state index in [0.717, 1.165) is 12.8 Å². The van der Waals surface area contributed by atoms with Crippen LogP contribution < -0.4 is 4.74 Å². The number of hydrogen-bond donors (Lipinski definition) is 0. The molecule has 4 nitrogen and oxygen atoms in total. The number of nitrogens with zero attached hydrogens (tertiary/aromatic N) is 1. The molecule has 1 heterocycles. The van der Waals surface area contributed by atoms with E-state index in [-0.39, 0.29) is 30.4 Å². The van der Waals surface area contributed by atoms with Gasteiger partial charge in [0.1, 0.15) is 5.75 Å². The van der Waals surface area contributed by atoms with Crippen molar-refractivity contribution in [2.45, 2.75) is 45.2 Å². The molecule has 0 aliphatic carbocycles. The van der Waals surface area contributed by atoms with Crippen LogP contribution in [0.25, 0.3) is 0 Å². The van der Waals surface area contributed by atoms with E-state index in [4.69, 9.17) is 4.74 Å². The second-order valence-electron chi connectivity index (χ2n) is 6.94. The van der Waals surface area contributed by atoms with Gasteiger partial charge in [-0.3, -0.25) is 9.59 Å². The first-order valence-electron chi connectivity index (χ1n) is 9.20. The lowest BCUT2D eigenvalue weighted by Crippen LogP contribution is -2.49. The van der Waals surface area contributed by atoms with Crippen LogP contribution in [0.1, 0.15) is 49.0 Å². The monoisotopic (exact) mass is 351 g/mol. The summed E-state index contributed by atoms with van der Waals surface area (Å²) in [7, 11) is 0. The number of carbonyl (C=O) groups excluding carboxylic acids is 2. The highest BCUT2D eigenvalue weighted by Gasteiger charge is 2.28. The van der Waals surface area contributed by atoms with Gasteiger partial charge in [-0.05, 0) is 57.4 Å². The van der Waals surface area contributed by atoms with Gasteiger partial charge in [-0.15, -0.1) is 0 Å². The molecule has 26 heavy (non-hydrogen) atoms. The number of benzene rings is 2. The Morgan fingerprint density at radius 2 is 1.50 bits per heavy atom. The van der Waals surface area contributed by atoms with Crippen LogP contribution in [0.5, 0.6) is 5.75 Å². The number of hydrogen-bond acceptors (Lipinski definition) is 3. The van der Waals surface area contributed by atoms with Crippen molar-refractivity contribution in [2.24, 2.45) is 0 Å². The van der Waals surface area contributed by atoms with E-state index >= 15 is 0 Å². The highest BCUT2D eigenvalue weighted by Crippen LogP contribution is 2.23.